The second-order valence-corrected chi connectivity index (χ2v) is 6.93. The van der Waals surface area contributed by atoms with Gasteiger partial charge in [-0.1, -0.05) is 57.3 Å². The summed E-state index contributed by atoms with van der Waals surface area (Å²) < 4.78 is 0.932. The Morgan fingerprint density at radius 1 is 1.08 bits per heavy atom. The Kier molecular flexibility index (Phi) is 4.94. The molecule has 24 heavy (non-hydrogen) atoms. The first-order chi connectivity index (χ1) is 11.4. The molecule has 0 radical (unpaired) electrons. The van der Waals surface area contributed by atoms with Crippen molar-refractivity contribution in [2.45, 2.75) is 6.54 Å². The Morgan fingerprint density at radius 2 is 1.79 bits per heavy atom. The second kappa shape index (κ2) is 6.97. The highest BCUT2D eigenvalue weighted by molar-refractivity contribution is 9.10. The van der Waals surface area contributed by atoms with Crippen LogP contribution in [0.4, 0.5) is 4.79 Å². The first-order valence-corrected chi connectivity index (χ1v) is 8.53. The number of nitrogens with zero attached hydrogens (tertiary/aromatic N) is 1. The zero-order valence-corrected chi connectivity index (χ0v) is 15.3. The minimum absolute atomic E-state index is 0.182. The monoisotopic (exact) mass is 424 g/mol. The van der Waals surface area contributed by atoms with E-state index < -0.39 is 11.9 Å². The molecule has 0 aliphatic carbocycles. The molecule has 0 saturated carbocycles. The molecule has 3 amide bonds. The van der Waals surface area contributed by atoms with Gasteiger partial charge in [0.05, 0.1) is 6.54 Å². The molecule has 0 aromatic heterocycles. The quantitative estimate of drug-likeness (QED) is 0.564. The maximum Gasteiger partial charge on any atom is 0.329 e. The number of halogens is 3. The van der Waals surface area contributed by atoms with Gasteiger partial charge in [0.25, 0.3) is 5.91 Å². The predicted molar refractivity (Wildman–Crippen MR) is 97.7 cm³/mol. The lowest BCUT2D eigenvalue weighted by Crippen LogP contribution is -2.30. The SMILES string of the molecule is O=C1NC(=Cc2ccc(Cl)cc2Cl)C(=O)N1Cc1ccc(Br)cc1. The average Bonchev–Trinajstić information content (AvgIpc) is 2.80. The molecular weight excluding hydrogens is 415 g/mol. The third-order valence-electron chi connectivity index (χ3n) is 3.48. The molecule has 1 aliphatic heterocycles. The van der Waals surface area contributed by atoms with Crippen molar-refractivity contribution in [3.05, 3.63) is 73.8 Å². The molecule has 122 valence electrons. The van der Waals surface area contributed by atoms with Crippen LogP contribution >= 0.6 is 39.1 Å². The van der Waals surface area contributed by atoms with E-state index in [0.29, 0.717) is 15.6 Å². The van der Waals surface area contributed by atoms with Crippen molar-refractivity contribution >= 4 is 57.1 Å². The minimum atomic E-state index is -0.459. The number of amides is 3. The molecule has 0 bridgehead atoms. The van der Waals surface area contributed by atoms with Crippen molar-refractivity contribution in [2.75, 3.05) is 0 Å². The van der Waals surface area contributed by atoms with Gasteiger partial charge >= 0.3 is 6.03 Å². The number of carbonyl (C=O) groups excluding carboxylic acids is 2. The summed E-state index contributed by atoms with van der Waals surface area (Å²) in [4.78, 5) is 25.7. The van der Waals surface area contributed by atoms with E-state index in [0.717, 1.165) is 14.9 Å². The van der Waals surface area contributed by atoms with Gasteiger partial charge in [0.1, 0.15) is 5.70 Å². The van der Waals surface area contributed by atoms with E-state index in [9.17, 15) is 9.59 Å². The Labute approximate surface area is 157 Å². The highest BCUT2D eigenvalue weighted by Gasteiger charge is 2.33. The van der Waals surface area contributed by atoms with Crippen LogP contribution in [-0.4, -0.2) is 16.8 Å². The number of benzene rings is 2. The molecule has 3 rings (SSSR count). The first kappa shape index (κ1) is 17.0. The van der Waals surface area contributed by atoms with Crippen molar-refractivity contribution in [1.29, 1.82) is 0 Å². The third-order valence-corrected chi connectivity index (χ3v) is 4.57. The molecule has 1 aliphatic rings. The van der Waals surface area contributed by atoms with Crippen LogP contribution in [-0.2, 0) is 11.3 Å². The van der Waals surface area contributed by atoms with Gasteiger partial charge in [0.2, 0.25) is 0 Å². The lowest BCUT2D eigenvalue weighted by atomic mass is 10.2. The fraction of sp³-hybridized carbons (Fsp3) is 0.0588. The molecule has 0 unspecified atom stereocenters. The lowest BCUT2D eigenvalue weighted by Gasteiger charge is -2.11. The lowest BCUT2D eigenvalue weighted by molar-refractivity contribution is -0.123. The van der Waals surface area contributed by atoms with Gasteiger partial charge in [-0.25, -0.2) is 4.79 Å². The van der Waals surface area contributed by atoms with E-state index in [4.69, 9.17) is 23.2 Å². The zero-order valence-electron chi connectivity index (χ0n) is 12.2. The van der Waals surface area contributed by atoms with Crippen LogP contribution in [0.5, 0.6) is 0 Å². The summed E-state index contributed by atoms with van der Waals surface area (Å²) in [6.07, 6.45) is 1.54. The summed E-state index contributed by atoms with van der Waals surface area (Å²) in [5, 5.41) is 3.48. The van der Waals surface area contributed by atoms with Crippen LogP contribution in [0, 0.1) is 0 Å². The van der Waals surface area contributed by atoms with Gasteiger partial charge in [0.15, 0.2) is 0 Å². The van der Waals surface area contributed by atoms with Gasteiger partial charge in [-0.05, 0) is 41.5 Å². The highest BCUT2D eigenvalue weighted by atomic mass is 79.9. The highest BCUT2D eigenvalue weighted by Crippen LogP contribution is 2.24. The average molecular weight is 426 g/mol. The number of imide groups is 1. The van der Waals surface area contributed by atoms with Crippen molar-refractivity contribution in [3.63, 3.8) is 0 Å². The smallest absolute Gasteiger partial charge is 0.303 e. The van der Waals surface area contributed by atoms with Crippen LogP contribution in [0.1, 0.15) is 11.1 Å². The fourth-order valence-electron chi connectivity index (χ4n) is 2.26. The maximum atomic E-state index is 12.5. The Morgan fingerprint density at radius 3 is 2.46 bits per heavy atom. The van der Waals surface area contributed by atoms with E-state index in [1.807, 2.05) is 24.3 Å². The Hall–Kier alpha value is -1.82. The predicted octanol–water partition coefficient (Wildman–Crippen LogP) is 4.85. The molecule has 7 heteroatoms. The van der Waals surface area contributed by atoms with Crippen molar-refractivity contribution in [3.8, 4) is 0 Å². The molecule has 1 heterocycles. The van der Waals surface area contributed by atoms with Gasteiger partial charge in [0, 0.05) is 14.5 Å². The van der Waals surface area contributed by atoms with E-state index in [1.54, 1.807) is 24.3 Å². The van der Waals surface area contributed by atoms with E-state index >= 15 is 0 Å². The maximum absolute atomic E-state index is 12.5. The Bertz CT molecular complexity index is 850. The van der Waals surface area contributed by atoms with Crippen LogP contribution in [0.25, 0.3) is 6.08 Å². The van der Waals surface area contributed by atoms with Crippen molar-refractivity contribution < 1.29 is 9.59 Å². The molecule has 2 aromatic carbocycles. The molecule has 1 N–H and O–H groups in total. The van der Waals surface area contributed by atoms with Gasteiger partial charge < -0.3 is 5.32 Å². The molecule has 1 saturated heterocycles. The second-order valence-electron chi connectivity index (χ2n) is 5.17. The van der Waals surface area contributed by atoms with Crippen molar-refractivity contribution in [2.24, 2.45) is 0 Å². The molecular formula is C17H11BrCl2N2O2. The zero-order chi connectivity index (χ0) is 17.3. The molecule has 1 fully saturated rings. The summed E-state index contributed by atoms with van der Waals surface area (Å²) in [6, 6.07) is 11.9. The molecule has 4 nitrogen and oxygen atoms in total. The summed E-state index contributed by atoms with van der Waals surface area (Å²) >= 11 is 15.3. The van der Waals surface area contributed by atoms with Gasteiger partial charge in [-0.3, -0.25) is 9.69 Å². The van der Waals surface area contributed by atoms with Gasteiger partial charge in [-0.2, -0.15) is 0 Å². The number of hydrogen-bond donors (Lipinski definition) is 1. The van der Waals surface area contributed by atoms with Crippen LogP contribution in [0.15, 0.2) is 52.6 Å². The standard InChI is InChI=1S/C17H11BrCl2N2O2/c18-12-4-1-10(2-5-12)9-22-16(23)15(21-17(22)24)7-11-3-6-13(19)8-14(11)20/h1-8H,9H2,(H,21,24). The largest absolute Gasteiger partial charge is 0.329 e. The summed E-state index contributed by atoms with van der Waals surface area (Å²) in [6.45, 7) is 0.198. The normalized spacial score (nSPS) is 16.0. The van der Waals surface area contributed by atoms with E-state index in [1.165, 1.54) is 0 Å². The number of urea groups is 1. The first-order valence-electron chi connectivity index (χ1n) is 6.98. The summed E-state index contributed by atoms with van der Waals surface area (Å²) in [5.74, 6) is -0.395. The van der Waals surface area contributed by atoms with E-state index in [-0.39, 0.29) is 12.2 Å². The van der Waals surface area contributed by atoms with Crippen molar-refractivity contribution in [1.82, 2.24) is 10.2 Å². The number of nitrogens with one attached hydrogen (secondary N) is 1. The number of rotatable bonds is 3. The third kappa shape index (κ3) is 3.64. The summed E-state index contributed by atoms with van der Waals surface area (Å²) in [7, 11) is 0. The fourth-order valence-corrected chi connectivity index (χ4v) is 2.99. The molecule has 2 aromatic rings. The molecule has 0 spiro atoms. The van der Waals surface area contributed by atoms with Gasteiger partial charge in [-0.15, -0.1) is 0 Å². The minimum Gasteiger partial charge on any atom is -0.303 e. The van der Waals surface area contributed by atoms with Crippen LogP contribution < -0.4 is 5.32 Å². The summed E-state index contributed by atoms with van der Waals surface area (Å²) in [5.41, 5.74) is 1.64. The number of hydrogen-bond acceptors (Lipinski definition) is 2. The molecule has 0 atom stereocenters. The van der Waals surface area contributed by atoms with E-state index in [2.05, 4.69) is 21.2 Å². The number of carbonyl (C=O) groups is 2. The van der Waals surface area contributed by atoms with Crippen LogP contribution in [0.3, 0.4) is 0 Å². The van der Waals surface area contributed by atoms with Crippen LogP contribution in [0.2, 0.25) is 10.0 Å². The topological polar surface area (TPSA) is 49.4 Å². The Balaban J connectivity index is 1.83.